The van der Waals surface area contributed by atoms with Gasteiger partial charge in [-0.15, -0.1) is 0 Å². The number of carbonyl (C=O) groups is 2. The van der Waals surface area contributed by atoms with Gasteiger partial charge >= 0.3 is 0 Å². The molecule has 182 valence electrons. The Morgan fingerprint density at radius 3 is 2.49 bits per heavy atom. The molecule has 2 N–H and O–H groups in total. The lowest BCUT2D eigenvalue weighted by atomic mass is 10.2. The summed E-state index contributed by atoms with van der Waals surface area (Å²) in [6.45, 7) is 2.66. The van der Waals surface area contributed by atoms with Crippen molar-refractivity contribution < 1.29 is 19.1 Å². The zero-order valence-corrected chi connectivity index (χ0v) is 21.8. The molecule has 0 aliphatic carbocycles. The lowest BCUT2D eigenvalue weighted by Crippen LogP contribution is -2.24. The van der Waals surface area contributed by atoms with Gasteiger partial charge in [0.2, 0.25) is 11.8 Å². The molecule has 0 saturated carbocycles. The van der Waals surface area contributed by atoms with Crippen LogP contribution in [0.4, 0.5) is 5.69 Å². The smallest absolute Gasteiger partial charge is 0.249 e. The van der Waals surface area contributed by atoms with Crippen LogP contribution in [0, 0.1) is 0 Å². The average molecular weight is 579 g/mol. The van der Waals surface area contributed by atoms with Crippen LogP contribution in [0.15, 0.2) is 70.2 Å². The van der Waals surface area contributed by atoms with Crippen molar-refractivity contribution in [2.24, 2.45) is 5.10 Å². The molecule has 0 spiro atoms. The minimum atomic E-state index is -0.560. The van der Waals surface area contributed by atoms with Crippen molar-refractivity contribution in [2.45, 2.75) is 20.0 Å². The monoisotopic (exact) mass is 577 g/mol. The highest BCUT2D eigenvalue weighted by molar-refractivity contribution is 9.10. The summed E-state index contributed by atoms with van der Waals surface area (Å²) in [6, 6.07) is 17.4. The summed E-state index contributed by atoms with van der Waals surface area (Å²) >= 11 is 15.6. The van der Waals surface area contributed by atoms with Crippen molar-refractivity contribution >= 4 is 62.8 Å². The normalized spacial score (nSPS) is 10.7. The number of anilines is 1. The van der Waals surface area contributed by atoms with Gasteiger partial charge in [0.1, 0.15) is 24.5 Å². The molecule has 35 heavy (non-hydrogen) atoms. The molecule has 0 bridgehead atoms. The summed E-state index contributed by atoms with van der Waals surface area (Å²) in [5.41, 5.74) is 4.30. The fourth-order valence-electron chi connectivity index (χ4n) is 2.91. The number of halogens is 3. The molecular formula is C25H22BrCl2N3O4. The highest BCUT2D eigenvalue weighted by Gasteiger charge is 2.10. The van der Waals surface area contributed by atoms with Gasteiger partial charge in [0, 0.05) is 31.3 Å². The molecule has 0 unspecified atom stereocenters. The summed E-state index contributed by atoms with van der Waals surface area (Å²) < 4.78 is 12.0. The fourth-order valence-corrected chi connectivity index (χ4v) is 3.75. The van der Waals surface area contributed by atoms with E-state index in [0.29, 0.717) is 39.4 Å². The molecular weight excluding hydrogens is 557 g/mol. The number of nitrogens with zero attached hydrogens (tertiary/aromatic N) is 1. The lowest BCUT2D eigenvalue weighted by molar-refractivity contribution is -0.126. The predicted octanol–water partition coefficient (Wildman–Crippen LogP) is 6.21. The second kappa shape index (κ2) is 13.1. The van der Waals surface area contributed by atoms with Gasteiger partial charge in [-0.3, -0.25) is 9.59 Å². The first-order valence-corrected chi connectivity index (χ1v) is 12.1. The number of rotatable bonds is 10. The largest absolute Gasteiger partial charge is 0.494 e. The van der Waals surface area contributed by atoms with Gasteiger partial charge in [-0.05, 0) is 61.5 Å². The maximum Gasteiger partial charge on any atom is 0.249 e. The van der Waals surface area contributed by atoms with Crippen molar-refractivity contribution in [1.29, 1.82) is 0 Å². The molecule has 3 aromatic rings. The predicted molar refractivity (Wildman–Crippen MR) is 142 cm³/mol. The Hall–Kier alpha value is -3.07. The molecule has 7 nitrogen and oxygen atoms in total. The topological polar surface area (TPSA) is 89.0 Å². The van der Waals surface area contributed by atoms with Crippen molar-refractivity contribution in [1.82, 2.24) is 5.43 Å². The van der Waals surface area contributed by atoms with E-state index in [1.54, 1.807) is 54.6 Å². The first kappa shape index (κ1) is 26.5. The third kappa shape index (κ3) is 8.58. The van der Waals surface area contributed by atoms with Gasteiger partial charge in [-0.2, -0.15) is 5.10 Å². The Labute approximate surface area is 221 Å². The van der Waals surface area contributed by atoms with E-state index >= 15 is 0 Å². The molecule has 0 atom stereocenters. The van der Waals surface area contributed by atoms with E-state index in [2.05, 4.69) is 31.8 Å². The minimum Gasteiger partial charge on any atom is -0.494 e. The molecule has 2 amide bonds. The first-order valence-electron chi connectivity index (χ1n) is 10.5. The molecule has 0 heterocycles. The highest BCUT2D eigenvalue weighted by atomic mass is 79.9. The zero-order valence-electron chi connectivity index (χ0n) is 18.7. The molecule has 0 fully saturated rings. The molecule has 3 rings (SSSR count). The molecule has 3 aromatic carbocycles. The summed E-state index contributed by atoms with van der Waals surface area (Å²) in [7, 11) is 0. The third-order valence-corrected chi connectivity index (χ3v) is 5.61. The van der Waals surface area contributed by atoms with E-state index in [9.17, 15) is 9.59 Å². The van der Waals surface area contributed by atoms with Gasteiger partial charge in [0.15, 0.2) is 0 Å². The van der Waals surface area contributed by atoms with Crippen LogP contribution in [0.3, 0.4) is 0 Å². The van der Waals surface area contributed by atoms with E-state index in [1.807, 2.05) is 13.0 Å². The number of hydrazone groups is 1. The second-order valence-corrected chi connectivity index (χ2v) is 8.94. The van der Waals surface area contributed by atoms with Gasteiger partial charge in [0.05, 0.1) is 12.8 Å². The number of carbonyl (C=O) groups excluding carboxylic acids is 2. The van der Waals surface area contributed by atoms with Crippen LogP contribution in [0.2, 0.25) is 10.0 Å². The summed E-state index contributed by atoms with van der Waals surface area (Å²) in [6.07, 6.45) is 1.05. The van der Waals surface area contributed by atoms with Crippen LogP contribution in [-0.2, 0) is 16.2 Å². The van der Waals surface area contributed by atoms with Crippen LogP contribution in [0.25, 0.3) is 0 Å². The molecule has 0 radical (unpaired) electrons. The highest BCUT2D eigenvalue weighted by Crippen LogP contribution is 2.26. The number of benzene rings is 3. The van der Waals surface area contributed by atoms with Crippen LogP contribution >= 0.6 is 39.1 Å². The van der Waals surface area contributed by atoms with Crippen molar-refractivity contribution in [3.8, 4) is 11.5 Å². The Kier molecular flexibility index (Phi) is 9.96. The lowest BCUT2D eigenvalue weighted by Gasteiger charge is -2.11. The Morgan fingerprint density at radius 2 is 1.77 bits per heavy atom. The molecule has 0 aliphatic rings. The van der Waals surface area contributed by atoms with E-state index < -0.39 is 11.8 Å². The Balaban J connectivity index is 1.54. The fraction of sp³-hybridized carbons (Fsp3) is 0.160. The summed E-state index contributed by atoms with van der Waals surface area (Å²) in [4.78, 5) is 24.3. The molecule has 0 aromatic heterocycles. The molecule has 0 aliphatic heterocycles. The van der Waals surface area contributed by atoms with Gasteiger partial charge in [-0.1, -0.05) is 45.2 Å². The number of hydrogen-bond donors (Lipinski definition) is 2. The van der Waals surface area contributed by atoms with E-state index in [-0.39, 0.29) is 13.0 Å². The number of nitrogens with one attached hydrogen (secondary N) is 2. The minimum absolute atomic E-state index is 0.219. The van der Waals surface area contributed by atoms with Crippen molar-refractivity contribution in [3.05, 3.63) is 86.3 Å². The summed E-state index contributed by atoms with van der Waals surface area (Å²) in [5.74, 6) is 0.207. The third-order valence-electron chi connectivity index (χ3n) is 4.53. The second-order valence-electron chi connectivity index (χ2n) is 7.18. The van der Waals surface area contributed by atoms with Crippen molar-refractivity contribution in [2.75, 3.05) is 11.9 Å². The maximum atomic E-state index is 12.1. The quantitative estimate of drug-likeness (QED) is 0.170. The van der Waals surface area contributed by atoms with E-state index in [1.165, 1.54) is 6.21 Å². The molecule has 0 saturated heterocycles. The van der Waals surface area contributed by atoms with Gasteiger partial charge in [-0.25, -0.2) is 5.43 Å². The van der Waals surface area contributed by atoms with Crippen LogP contribution in [0.5, 0.6) is 11.5 Å². The zero-order chi connectivity index (χ0) is 25.2. The SMILES string of the molecule is CCOc1ccc(NC(=O)CC(=O)NN=Cc2cc(Br)ccc2OCc2ccc(Cl)cc2Cl)cc1. The standard InChI is InChI=1S/C25H22BrCl2N3O4/c1-2-34-21-8-6-20(7-9-21)30-24(32)13-25(33)31-29-14-17-11-18(26)4-10-23(17)35-15-16-3-5-19(27)12-22(16)28/h3-12,14H,2,13,15H2,1H3,(H,30,32)(H,31,33). The van der Waals surface area contributed by atoms with Crippen LogP contribution in [0.1, 0.15) is 24.5 Å². The molecule has 10 heteroatoms. The van der Waals surface area contributed by atoms with E-state index in [4.69, 9.17) is 32.7 Å². The maximum absolute atomic E-state index is 12.1. The first-order chi connectivity index (χ1) is 16.8. The Morgan fingerprint density at radius 1 is 1.00 bits per heavy atom. The van der Waals surface area contributed by atoms with Crippen molar-refractivity contribution in [3.63, 3.8) is 0 Å². The van der Waals surface area contributed by atoms with Crippen LogP contribution < -0.4 is 20.2 Å². The van der Waals surface area contributed by atoms with Gasteiger partial charge in [0.25, 0.3) is 0 Å². The van der Waals surface area contributed by atoms with E-state index in [0.717, 1.165) is 10.0 Å². The average Bonchev–Trinajstić information content (AvgIpc) is 2.81. The van der Waals surface area contributed by atoms with Crippen LogP contribution in [-0.4, -0.2) is 24.6 Å². The Bertz CT molecular complexity index is 1220. The summed E-state index contributed by atoms with van der Waals surface area (Å²) in [5, 5.41) is 7.65. The number of ether oxygens (including phenoxy) is 2. The van der Waals surface area contributed by atoms with Gasteiger partial charge < -0.3 is 14.8 Å². The number of hydrogen-bond acceptors (Lipinski definition) is 5. The number of amides is 2.